The summed E-state index contributed by atoms with van der Waals surface area (Å²) in [6.07, 6.45) is -0.896. The van der Waals surface area contributed by atoms with Gasteiger partial charge in [0.15, 0.2) is 0 Å². The summed E-state index contributed by atoms with van der Waals surface area (Å²) >= 11 is 0. The van der Waals surface area contributed by atoms with Crippen molar-refractivity contribution >= 4 is 18.0 Å². The maximum absolute atomic E-state index is 12.2. The third kappa shape index (κ3) is 4.60. The van der Waals surface area contributed by atoms with Gasteiger partial charge in [0.1, 0.15) is 18.7 Å². The van der Waals surface area contributed by atoms with Gasteiger partial charge in [-0.1, -0.05) is 48.5 Å². The van der Waals surface area contributed by atoms with Crippen molar-refractivity contribution in [2.24, 2.45) is 0 Å². The van der Waals surface area contributed by atoms with Gasteiger partial charge >= 0.3 is 12.1 Å². The van der Waals surface area contributed by atoms with E-state index in [1.807, 2.05) is 48.5 Å². The molecule has 3 rings (SSSR count). The van der Waals surface area contributed by atoms with Crippen LogP contribution in [0.3, 0.4) is 0 Å². The Labute approximate surface area is 173 Å². The Kier molecular flexibility index (Phi) is 6.68. The molecular weight excluding hydrogens is 388 g/mol. The van der Waals surface area contributed by atoms with Gasteiger partial charge in [0, 0.05) is 18.9 Å². The molecule has 0 spiro atoms. The molecule has 8 heteroatoms. The molecule has 0 aliphatic heterocycles. The number of fused-ring (bicyclic) bond motifs is 3. The minimum Gasteiger partial charge on any atom is -0.480 e. The molecule has 0 saturated heterocycles. The molecule has 2 aromatic rings. The van der Waals surface area contributed by atoms with Gasteiger partial charge in [-0.3, -0.25) is 4.79 Å². The molecular formula is C22H24N2O6. The number of ether oxygens (including phenoxy) is 1. The summed E-state index contributed by atoms with van der Waals surface area (Å²) < 4.78 is 5.37. The van der Waals surface area contributed by atoms with Crippen LogP contribution in [0.15, 0.2) is 48.5 Å². The van der Waals surface area contributed by atoms with E-state index >= 15 is 0 Å². The second-order valence-electron chi connectivity index (χ2n) is 7.10. The molecule has 0 fully saturated rings. The summed E-state index contributed by atoms with van der Waals surface area (Å²) in [4.78, 5) is 35.4. The van der Waals surface area contributed by atoms with E-state index in [-0.39, 0.29) is 25.6 Å². The topological polar surface area (TPSA) is 125 Å². The number of aliphatic carboxylic acids is 1. The van der Waals surface area contributed by atoms with Gasteiger partial charge in [-0.25, -0.2) is 9.59 Å². The van der Waals surface area contributed by atoms with Crippen LogP contribution in [-0.2, 0) is 14.3 Å². The molecule has 1 aliphatic rings. The van der Waals surface area contributed by atoms with Gasteiger partial charge in [0.25, 0.3) is 0 Å². The fraction of sp³-hybridized carbons (Fsp3) is 0.318. The van der Waals surface area contributed by atoms with Crippen LogP contribution >= 0.6 is 0 Å². The van der Waals surface area contributed by atoms with E-state index < -0.39 is 30.1 Å². The fourth-order valence-electron chi connectivity index (χ4n) is 3.57. The van der Waals surface area contributed by atoms with E-state index in [2.05, 4.69) is 10.6 Å². The Balaban J connectivity index is 1.58. The molecule has 0 saturated carbocycles. The summed E-state index contributed by atoms with van der Waals surface area (Å²) in [7, 11) is 0. The van der Waals surface area contributed by atoms with Crippen LogP contribution in [0, 0.1) is 0 Å². The number of amides is 2. The maximum atomic E-state index is 12.2. The standard InChI is InChI=1S/C22H24N2O6/c1-13(20(26)24-19(10-11-25)21(27)28)23-22(29)30-12-18-16-8-4-2-6-14(16)15-7-3-5-9-17(15)18/h2-9,13,18-19,25H,10-12H2,1H3,(H,23,29)(H,24,26)(H,27,28)/t13-,19+/m1/s1. The normalized spacial score (nSPS) is 14.2. The minimum absolute atomic E-state index is 0.103. The van der Waals surface area contributed by atoms with Crippen molar-refractivity contribution in [2.75, 3.05) is 13.2 Å². The molecule has 2 aromatic carbocycles. The van der Waals surface area contributed by atoms with Crippen molar-refractivity contribution in [2.45, 2.75) is 31.3 Å². The first kappa shape index (κ1) is 21.3. The van der Waals surface area contributed by atoms with Gasteiger partial charge in [-0.2, -0.15) is 0 Å². The van der Waals surface area contributed by atoms with Crippen LogP contribution in [0.5, 0.6) is 0 Å². The van der Waals surface area contributed by atoms with E-state index in [1.54, 1.807) is 0 Å². The van der Waals surface area contributed by atoms with Crippen LogP contribution < -0.4 is 10.6 Å². The van der Waals surface area contributed by atoms with Crippen LogP contribution in [0.1, 0.15) is 30.4 Å². The van der Waals surface area contributed by atoms with Crippen molar-refractivity contribution in [3.63, 3.8) is 0 Å². The zero-order valence-electron chi connectivity index (χ0n) is 16.5. The SMILES string of the molecule is C[C@@H](NC(=O)OCC1c2ccccc2-c2ccccc21)C(=O)N[C@@H](CCO)C(=O)O. The molecule has 158 valence electrons. The Morgan fingerprint density at radius 3 is 2.10 bits per heavy atom. The Hall–Kier alpha value is -3.39. The molecule has 0 radical (unpaired) electrons. The van der Waals surface area contributed by atoms with E-state index in [1.165, 1.54) is 6.92 Å². The molecule has 2 atom stereocenters. The number of rotatable bonds is 8. The third-order valence-electron chi connectivity index (χ3n) is 5.10. The molecule has 30 heavy (non-hydrogen) atoms. The highest BCUT2D eigenvalue weighted by Gasteiger charge is 2.29. The second-order valence-corrected chi connectivity index (χ2v) is 7.10. The summed E-state index contributed by atoms with van der Waals surface area (Å²) in [5, 5.41) is 22.6. The Bertz CT molecular complexity index is 899. The summed E-state index contributed by atoms with van der Waals surface area (Å²) in [5.41, 5.74) is 4.37. The molecule has 0 bridgehead atoms. The average molecular weight is 412 g/mol. The number of carboxylic acid groups (broad SMARTS) is 1. The second kappa shape index (κ2) is 9.41. The van der Waals surface area contributed by atoms with Gasteiger partial charge in [-0.05, 0) is 29.2 Å². The minimum atomic E-state index is -1.26. The first-order chi connectivity index (χ1) is 14.4. The van der Waals surface area contributed by atoms with Crippen LogP contribution in [-0.4, -0.2) is 53.5 Å². The van der Waals surface area contributed by atoms with Gasteiger partial charge in [-0.15, -0.1) is 0 Å². The van der Waals surface area contributed by atoms with Gasteiger partial charge < -0.3 is 25.6 Å². The lowest BCUT2D eigenvalue weighted by Crippen LogP contribution is -2.50. The van der Waals surface area contributed by atoms with E-state index in [0.29, 0.717) is 0 Å². The number of carbonyl (C=O) groups is 3. The van der Waals surface area contributed by atoms with Gasteiger partial charge in [0.05, 0.1) is 0 Å². The highest BCUT2D eigenvalue weighted by molar-refractivity contribution is 5.89. The molecule has 0 unspecified atom stereocenters. The largest absolute Gasteiger partial charge is 0.480 e. The van der Waals surface area contributed by atoms with E-state index in [9.17, 15) is 14.4 Å². The number of benzene rings is 2. The number of nitrogens with one attached hydrogen (secondary N) is 2. The molecule has 8 nitrogen and oxygen atoms in total. The number of carboxylic acids is 1. The number of hydrogen-bond donors (Lipinski definition) is 4. The molecule has 4 N–H and O–H groups in total. The fourth-order valence-corrected chi connectivity index (χ4v) is 3.57. The Morgan fingerprint density at radius 1 is 1.00 bits per heavy atom. The van der Waals surface area contributed by atoms with Crippen LogP contribution in [0.4, 0.5) is 4.79 Å². The maximum Gasteiger partial charge on any atom is 0.407 e. The van der Waals surface area contributed by atoms with Crippen molar-refractivity contribution in [1.29, 1.82) is 0 Å². The number of carbonyl (C=O) groups excluding carboxylic acids is 2. The lowest BCUT2D eigenvalue weighted by atomic mass is 9.98. The van der Waals surface area contributed by atoms with Crippen molar-refractivity contribution in [1.82, 2.24) is 10.6 Å². The molecule has 1 aliphatic carbocycles. The predicted octanol–water partition coefficient (Wildman–Crippen LogP) is 1.87. The van der Waals surface area contributed by atoms with E-state index in [4.69, 9.17) is 14.9 Å². The lowest BCUT2D eigenvalue weighted by Gasteiger charge is -2.19. The Morgan fingerprint density at radius 2 is 1.57 bits per heavy atom. The highest BCUT2D eigenvalue weighted by Crippen LogP contribution is 2.44. The first-order valence-electron chi connectivity index (χ1n) is 9.68. The number of aliphatic hydroxyl groups is 1. The van der Waals surface area contributed by atoms with E-state index in [0.717, 1.165) is 22.3 Å². The lowest BCUT2D eigenvalue weighted by molar-refractivity contribution is -0.142. The summed E-state index contributed by atoms with van der Waals surface area (Å²) in [6.45, 7) is 1.15. The molecule has 2 amide bonds. The quantitative estimate of drug-likeness (QED) is 0.525. The number of hydrogen-bond acceptors (Lipinski definition) is 5. The zero-order chi connectivity index (χ0) is 21.7. The smallest absolute Gasteiger partial charge is 0.407 e. The van der Waals surface area contributed by atoms with Gasteiger partial charge in [0.2, 0.25) is 5.91 Å². The van der Waals surface area contributed by atoms with Crippen molar-refractivity contribution in [3.05, 3.63) is 59.7 Å². The van der Waals surface area contributed by atoms with Crippen LogP contribution in [0.2, 0.25) is 0 Å². The highest BCUT2D eigenvalue weighted by atomic mass is 16.5. The molecule has 0 aromatic heterocycles. The summed E-state index contributed by atoms with van der Waals surface area (Å²) in [5.74, 6) is -2.04. The predicted molar refractivity (Wildman–Crippen MR) is 109 cm³/mol. The third-order valence-corrected chi connectivity index (χ3v) is 5.10. The van der Waals surface area contributed by atoms with Crippen molar-refractivity contribution in [3.8, 4) is 11.1 Å². The first-order valence-corrected chi connectivity index (χ1v) is 9.68. The number of aliphatic hydroxyl groups excluding tert-OH is 1. The molecule has 0 heterocycles. The van der Waals surface area contributed by atoms with Crippen molar-refractivity contribution < 1.29 is 29.3 Å². The monoisotopic (exact) mass is 412 g/mol. The van der Waals surface area contributed by atoms with Crippen LogP contribution in [0.25, 0.3) is 11.1 Å². The zero-order valence-corrected chi connectivity index (χ0v) is 16.5. The number of alkyl carbamates (subject to hydrolysis) is 1. The average Bonchev–Trinajstić information content (AvgIpc) is 3.05. The summed E-state index contributed by atoms with van der Waals surface area (Å²) in [6, 6.07) is 13.7.